The molecule has 0 radical (unpaired) electrons. The molecule has 1 amide bonds. The van der Waals surface area contributed by atoms with Crippen molar-refractivity contribution >= 4 is 17.6 Å². The van der Waals surface area contributed by atoms with Gasteiger partial charge in [-0.3, -0.25) is 4.79 Å². The maximum atomic E-state index is 12.9. The number of amides is 1. The molecule has 2 aliphatic carbocycles. The van der Waals surface area contributed by atoms with Crippen LogP contribution in [0.5, 0.6) is 0 Å². The molecule has 1 saturated heterocycles. The van der Waals surface area contributed by atoms with Gasteiger partial charge in [0, 0.05) is 43.8 Å². The van der Waals surface area contributed by atoms with E-state index in [9.17, 15) is 14.7 Å². The summed E-state index contributed by atoms with van der Waals surface area (Å²) in [6, 6.07) is 10.2. The molecule has 5 heteroatoms. The van der Waals surface area contributed by atoms with E-state index in [1.54, 1.807) is 0 Å². The van der Waals surface area contributed by atoms with Crippen molar-refractivity contribution in [3.05, 3.63) is 42.5 Å². The van der Waals surface area contributed by atoms with Gasteiger partial charge in [0.05, 0.1) is 5.92 Å². The molecular formula is C19H21N2O3-. The second kappa shape index (κ2) is 5.96. The normalized spacial score (nSPS) is 31.5. The number of piperazine rings is 1. The third-order valence-electron chi connectivity index (χ3n) is 5.73. The fraction of sp³-hybridized carbons (Fsp3) is 0.474. The minimum atomic E-state index is -1.08. The van der Waals surface area contributed by atoms with Gasteiger partial charge in [0.25, 0.3) is 0 Å². The minimum Gasteiger partial charge on any atom is -0.550 e. The lowest BCUT2D eigenvalue weighted by Gasteiger charge is -2.39. The lowest BCUT2D eigenvalue weighted by molar-refractivity contribution is -0.313. The Morgan fingerprint density at radius 1 is 0.917 bits per heavy atom. The van der Waals surface area contributed by atoms with Crippen LogP contribution in [-0.2, 0) is 9.59 Å². The molecule has 126 valence electrons. The zero-order valence-electron chi connectivity index (χ0n) is 13.5. The molecule has 2 fully saturated rings. The number of fused-ring (bicyclic) bond motifs is 2. The molecule has 3 aliphatic rings. The van der Waals surface area contributed by atoms with Crippen LogP contribution in [-0.4, -0.2) is 43.0 Å². The number of carbonyl (C=O) groups excluding carboxylic acids is 2. The van der Waals surface area contributed by atoms with Gasteiger partial charge in [0.2, 0.25) is 5.91 Å². The second-order valence-electron chi connectivity index (χ2n) is 6.97. The summed E-state index contributed by atoms with van der Waals surface area (Å²) >= 11 is 0. The summed E-state index contributed by atoms with van der Waals surface area (Å²) in [7, 11) is 0. The van der Waals surface area contributed by atoms with Crippen LogP contribution in [0.15, 0.2) is 42.5 Å². The lowest BCUT2D eigenvalue weighted by atomic mass is 9.82. The topological polar surface area (TPSA) is 63.7 Å². The van der Waals surface area contributed by atoms with Crippen molar-refractivity contribution in [2.75, 3.05) is 31.1 Å². The molecule has 0 unspecified atom stereocenters. The Hall–Kier alpha value is -2.30. The van der Waals surface area contributed by atoms with Gasteiger partial charge >= 0.3 is 0 Å². The highest BCUT2D eigenvalue weighted by Gasteiger charge is 2.49. The Morgan fingerprint density at radius 3 is 2.17 bits per heavy atom. The van der Waals surface area contributed by atoms with Crippen LogP contribution in [0.4, 0.5) is 5.69 Å². The predicted molar refractivity (Wildman–Crippen MR) is 88.0 cm³/mol. The molecule has 4 rings (SSSR count). The molecule has 4 atom stereocenters. The summed E-state index contributed by atoms with van der Waals surface area (Å²) in [5, 5.41) is 11.5. The predicted octanol–water partition coefficient (Wildman–Crippen LogP) is 0.523. The van der Waals surface area contributed by atoms with Crippen molar-refractivity contribution in [1.29, 1.82) is 0 Å². The van der Waals surface area contributed by atoms with Crippen LogP contribution >= 0.6 is 0 Å². The number of carbonyl (C=O) groups is 2. The Kier molecular flexibility index (Phi) is 3.79. The van der Waals surface area contributed by atoms with E-state index in [2.05, 4.69) is 17.0 Å². The quantitative estimate of drug-likeness (QED) is 0.760. The maximum absolute atomic E-state index is 12.9. The van der Waals surface area contributed by atoms with E-state index < -0.39 is 17.8 Å². The highest BCUT2D eigenvalue weighted by Crippen LogP contribution is 2.48. The van der Waals surface area contributed by atoms with Crippen molar-refractivity contribution in [3.8, 4) is 0 Å². The molecule has 1 aromatic carbocycles. The van der Waals surface area contributed by atoms with Gasteiger partial charge in [0.1, 0.15) is 0 Å². The number of hydrogen-bond acceptors (Lipinski definition) is 4. The van der Waals surface area contributed by atoms with Crippen molar-refractivity contribution in [3.63, 3.8) is 0 Å². The molecule has 24 heavy (non-hydrogen) atoms. The third-order valence-corrected chi connectivity index (χ3v) is 5.73. The summed E-state index contributed by atoms with van der Waals surface area (Å²) in [6.07, 6.45) is 4.74. The molecule has 0 N–H and O–H groups in total. The summed E-state index contributed by atoms with van der Waals surface area (Å²) in [5.41, 5.74) is 1.17. The van der Waals surface area contributed by atoms with Crippen molar-refractivity contribution in [2.45, 2.75) is 6.42 Å². The van der Waals surface area contributed by atoms with Gasteiger partial charge < -0.3 is 19.7 Å². The van der Waals surface area contributed by atoms with Crippen molar-refractivity contribution in [1.82, 2.24) is 4.90 Å². The van der Waals surface area contributed by atoms with Crippen LogP contribution in [0.25, 0.3) is 0 Å². The summed E-state index contributed by atoms with van der Waals surface area (Å²) < 4.78 is 0. The monoisotopic (exact) mass is 325 g/mol. The first-order valence-corrected chi connectivity index (χ1v) is 8.63. The van der Waals surface area contributed by atoms with Crippen LogP contribution in [0.3, 0.4) is 0 Å². The number of allylic oxidation sites excluding steroid dienone is 2. The van der Waals surface area contributed by atoms with Gasteiger partial charge in [0.15, 0.2) is 0 Å². The number of benzene rings is 1. The maximum Gasteiger partial charge on any atom is 0.227 e. The van der Waals surface area contributed by atoms with E-state index in [0.29, 0.717) is 13.1 Å². The number of carboxylic acid groups (broad SMARTS) is 1. The zero-order valence-corrected chi connectivity index (χ0v) is 13.5. The lowest BCUT2D eigenvalue weighted by Crippen LogP contribution is -2.53. The number of hydrogen-bond donors (Lipinski definition) is 0. The molecule has 0 spiro atoms. The number of rotatable bonds is 3. The molecule has 1 heterocycles. The van der Waals surface area contributed by atoms with E-state index in [0.717, 1.165) is 19.5 Å². The number of carboxylic acids is 1. The van der Waals surface area contributed by atoms with Crippen LogP contribution in [0.2, 0.25) is 0 Å². The van der Waals surface area contributed by atoms with E-state index in [1.807, 2.05) is 35.3 Å². The fourth-order valence-electron chi connectivity index (χ4n) is 4.51. The number of anilines is 1. The SMILES string of the molecule is O=C([O-])[C@H]1[C@H](C(=O)N2CCN(c3ccccc3)CC2)[C@H]2C=C[C@@H]1C2. The van der Waals surface area contributed by atoms with Crippen molar-refractivity contribution < 1.29 is 14.7 Å². The van der Waals surface area contributed by atoms with Gasteiger partial charge in [-0.2, -0.15) is 0 Å². The molecule has 0 aromatic heterocycles. The fourth-order valence-corrected chi connectivity index (χ4v) is 4.51. The zero-order chi connectivity index (χ0) is 16.7. The molecule has 2 bridgehead atoms. The highest BCUT2D eigenvalue weighted by molar-refractivity contribution is 5.86. The van der Waals surface area contributed by atoms with Gasteiger partial charge in [-0.1, -0.05) is 30.4 Å². The van der Waals surface area contributed by atoms with Crippen LogP contribution in [0.1, 0.15) is 6.42 Å². The standard InChI is InChI=1S/C19H22N2O3/c22-18(16-13-6-7-14(12-13)17(16)19(23)24)21-10-8-20(9-11-21)15-4-2-1-3-5-15/h1-7,13-14,16-17H,8-12H2,(H,23,24)/p-1/t13-,14+,16+,17+/m0/s1. The Bertz CT molecular complexity index is 664. The van der Waals surface area contributed by atoms with Crippen LogP contribution < -0.4 is 10.0 Å². The average Bonchev–Trinajstić information content (AvgIpc) is 3.23. The molecular weight excluding hydrogens is 304 g/mol. The number of nitrogens with zero attached hydrogens (tertiary/aromatic N) is 2. The van der Waals surface area contributed by atoms with Crippen LogP contribution in [0, 0.1) is 23.7 Å². The van der Waals surface area contributed by atoms with E-state index >= 15 is 0 Å². The largest absolute Gasteiger partial charge is 0.550 e. The van der Waals surface area contributed by atoms with E-state index in [1.165, 1.54) is 5.69 Å². The molecule has 5 nitrogen and oxygen atoms in total. The number of para-hydroxylation sites is 1. The smallest absolute Gasteiger partial charge is 0.227 e. The first-order valence-electron chi connectivity index (χ1n) is 8.63. The van der Waals surface area contributed by atoms with Gasteiger partial charge in [-0.25, -0.2) is 0 Å². The summed E-state index contributed by atoms with van der Waals surface area (Å²) in [4.78, 5) is 28.5. The summed E-state index contributed by atoms with van der Waals surface area (Å²) in [5.74, 6) is -2.13. The Morgan fingerprint density at radius 2 is 1.54 bits per heavy atom. The Balaban J connectivity index is 1.43. The minimum absolute atomic E-state index is 0.00578. The highest BCUT2D eigenvalue weighted by atomic mass is 16.4. The first-order chi connectivity index (χ1) is 11.6. The summed E-state index contributed by atoms with van der Waals surface area (Å²) in [6.45, 7) is 2.85. The van der Waals surface area contributed by atoms with E-state index in [4.69, 9.17) is 0 Å². The molecule has 1 saturated carbocycles. The number of aliphatic carboxylic acids is 1. The van der Waals surface area contributed by atoms with Crippen molar-refractivity contribution in [2.24, 2.45) is 23.7 Å². The van der Waals surface area contributed by atoms with E-state index in [-0.39, 0.29) is 17.7 Å². The van der Waals surface area contributed by atoms with Gasteiger partial charge in [-0.05, 0) is 30.4 Å². The first kappa shape index (κ1) is 15.2. The molecule has 1 aromatic rings. The average molecular weight is 325 g/mol. The molecule has 1 aliphatic heterocycles. The van der Waals surface area contributed by atoms with Gasteiger partial charge in [-0.15, -0.1) is 0 Å². The third kappa shape index (κ3) is 2.48. The second-order valence-corrected chi connectivity index (χ2v) is 6.97. The Labute approximate surface area is 141 Å².